The molecule has 0 aromatic rings. The molecule has 0 heterocycles. The zero-order valence-electron chi connectivity index (χ0n) is 10.2. The summed E-state index contributed by atoms with van der Waals surface area (Å²) in [5, 5.41) is 3.57. The van der Waals surface area contributed by atoms with E-state index in [4.69, 9.17) is 0 Å². The number of rotatable bonds is 6. The molecule has 0 fully saturated rings. The molecule has 0 spiro atoms. The largest absolute Gasteiger partial charge is 0.314 e. The van der Waals surface area contributed by atoms with E-state index in [1.807, 2.05) is 0 Å². The third kappa shape index (κ3) is 5.30. The minimum absolute atomic E-state index is 0.697. The molecule has 0 radical (unpaired) electrons. The van der Waals surface area contributed by atoms with Gasteiger partial charge in [-0.1, -0.05) is 41.5 Å². The summed E-state index contributed by atoms with van der Waals surface area (Å²) in [5.74, 6) is 2.38. The van der Waals surface area contributed by atoms with Crippen molar-refractivity contribution in [1.82, 2.24) is 5.32 Å². The fraction of sp³-hybridized carbons (Fsp3) is 1.00. The Kier molecular flexibility index (Phi) is 6.40. The van der Waals surface area contributed by atoms with Crippen molar-refractivity contribution in [3.8, 4) is 0 Å². The molecule has 0 amide bonds. The van der Waals surface area contributed by atoms with E-state index < -0.39 is 0 Å². The molecule has 0 saturated heterocycles. The first-order valence-corrected chi connectivity index (χ1v) is 5.72. The van der Waals surface area contributed by atoms with E-state index in [9.17, 15) is 0 Å². The minimum atomic E-state index is 0.697. The Morgan fingerprint density at radius 1 is 0.923 bits per heavy atom. The first kappa shape index (κ1) is 13.0. The zero-order valence-corrected chi connectivity index (χ0v) is 10.2. The predicted octanol–water partition coefficient (Wildman–Crippen LogP) is 3.30. The van der Waals surface area contributed by atoms with E-state index in [1.165, 1.54) is 6.42 Å². The van der Waals surface area contributed by atoms with E-state index in [1.54, 1.807) is 0 Å². The van der Waals surface area contributed by atoms with Crippen LogP contribution in [0.15, 0.2) is 0 Å². The molecule has 0 aromatic carbocycles. The summed E-state index contributed by atoms with van der Waals surface area (Å²) in [4.78, 5) is 0. The second-order valence-corrected chi connectivity index (χ2v) is 4.87. The molecule has 1 N–H and O–H groups in total. The van der Waals surface area contributed by atoms with Crippen LogP contribution < -0.4 is 5.32 Å². The summed E-state index contributed by atoms with van der Waals surface area (Å²) < 4.78 is 0. The van der Waals surface area contributed by atoms with Gasteiger partial charge in [0.05, 0.1) is 0 Å². The van der Waals surface area contributed by atoms with E-state index in [2.05, 4.69) is 46.9 Å². The smallest absolute Gasteiger partial charge is 0.00925 e. The molecule has 1 unspecified atom stereocenters. The molecule has 0 aliphatic heterocycles. The van der Waals surface area contributed by atoms with Crippen molar-refractivity contribution in [2.24, 2.45) is 17.8 Å². The van der Waals surface area contributed by atoms with Crippen LogP contribution in [-0.4, -0.2) is 12.6 Å². The van der Waals surface area contributed by atoms with Gasteiger partial charge in [-0.25, -0.2) is 0 Å². The average Bonchev–Trinajstić information content (AvgIpc) is 2.03. The number of hydrogen-bond acceptors (Lipinski definition) is 1. The molecule has 80 valence electrons. The quantitative estimate of drug-likeness (QED) is 0.669. The average molecular weight is 185 g/mol. The van der Waals surface area contributed by atoms with Gasteiger partial charge in [0.1, 0.15) is 0 Å². The lowest BCUT2D eigenvalue weighted by Crippen LogP contribution is -2.35. The maximum atomic E-state index is 3.57. The van der Waals surface area contributed by atoms with Crippen molar-refractivity contribution in [1.29, 1.82) is 0 Å². The van der Waals surface area contributed by atoms with Gasteiger partial charge < -0.3 is 5.32 Å². The molecule has 0 aromatic heterocycles. The topological polar surface area (TPSA) is 12.0 Å². The molecule has 0 saturated carbocycles. The fourth-order valence-electron chi connectivity index (χ4n) is 1.53. The van der Waals surface area contributed by atoms with Crippen molar-refractivity contribution in [3.63, 3.8) is 0 Å². The van der Waals surface area contributed by atoms with Crippen LogP contribution >= 0.6 is 0 Å². The van der Waals surface area contributed by atoms with E-state index in [0.29, 0.717) is 6.04 Å². The Labute approximate surface area is 84.3 Å². The highest BCUT2D eigenvalue weighted by molar-refractivity contribution is 4.73. The van der Waals surface area contributed by atoms with Crippen LogP contribution in [0.3, 0.4) is 0 Å². The van der Waals surface area contributed by atoms with Gasteiger partial charge in [-0.3, -0.25) is 0 Å². The molecule has 13 heavy (non-hydrogen) atoms. The van der Waals surface area contributed by atoms with E-state index in [0.717, 1.165) is 24.3 Å². The molecule has 0 rings (SSSR count). The minimum Gasteiger partial charge on any atom is -0.314 e. The molecule has 0 bridgehead atoms. The third-order valence-electron chi connectivity index (χ3n) is 3.03. The van der Waals surface area contributed by atoms with E-state index >= 15 is 0 Å². The van der Waals surface area contributed by atoms with Crippen molar-refractivity contribution < 1.29 is 0 Å². The van der Waals surface area contributed by atoms with Gasteiger partial charge >= 0.3 is 0 Å². The first-order valence-electron chi connectivity index (χ1n) is 5.72. The summed E-state index contributed by atoms with van der Waals surface area (Å²) in [5.41, 5.74) is 0. The van der Waals surface area contributed by atoms with Crippen molar-refractivity contribution in [2.75, 3.05) is 6.54 Å². The van der Waals surface area contributed by atoms with Gasteiger partial charge in [-0.05, 0) is 30.7 Å². The highest BCUT2D eigenvalue weighted by Gasteiger charge is 2.17. The van der Waals surface area contributed by atoms with E-state index in [-0.39, 0.29) is 0 Å². The van der Waals surface area contributed by atoms with Crippen LogP contribution in [0.25, 0.3) is 0 Å². The van der Waals surface area contributed by atoms with Crippen LogP contribution in [0.4, 0.5) is 0 Å². The monoisotopic (exact) mass is 185 g/mol. The lowest BCUT2D eigenvalue weighted by Gasteiger charge is -2.26. The number of hydrogen-bond donors (Lipinski definition) is 1. The summed E-state index contributed by atoms with van der Waals surface area (Å²) in [6.45, 7) is 14.9. The Morgan fingerprint density at radius 3 is 1.77 bits per heavy atom. The lowest BCUT2D eigenvalue weighted by atomic mass is 9.87. The molecule has 0 aliphatic carbocycles. The third-order valence-corrected chi connectivity index (χ3v) is 3.03. The lowest BCUT2D eigenvalue weighted by molar-refractivity contribution is 0.289. The summed E-state index contributed by atoms with van der Waals surface area (Å²) in [7, 11) is 0. The zero-order chi connectivity index (χ0) is 10.4. The van der Waals surface area contributed by atoms with Crippen molar-refractivity contribution >= 4 is 0 Å². The Balaban J connectivity index is 3.94. The maximum absolute atomic E-state index is 3.57. The molecular formula is C12H27N. The van der Waals surface area contributed by atoms with Gasteiger partial charge in [-0.2, -0.15) is 0 Å². The van der Waals surface area contributed by atoms with Crippen LogP contribution in [0, 0.1) is 17.8 Å². The Morgan fingerprint density at radius 2 is 1.46 bits per heavy atom. The molecule has 1 heteroatoms. The summed E-state index contributed by atoms with van der Waals surface area (Å²) in [6.07, 6.45) is 1.31. The molecule has 1 nitrogen and oxygen atoms in total. The predicted molar refractivity (Wildman–Crippen MR) is 60.9 cm³/mol. The normalized spacial score (nSPS) is 16.6. The van der Waals surface area contributed by atoms with Gasteiger partial charge in [-0.15, -0.1) is 0 Å². The van der Waals surface area contributed by atoms with Gasteiger partial charge in [0.15, 0.2) is 0 Å². The molecular weight excluding hydrogens is 158 g/mol. The van der Waals surface area contributed by atoms with Crippen molar-refractivity contribution in [2.45, 2.75) is 54.0 Å². The maximum Gasteiger partial charge on any atom is 0.00925 e. The van der Waals surface area contributed by atoms with Crippen LogP contribution in [0.5, 0.6) is 0 Å². The van der Waals surface area contributed by atoms with Crippen LogP contribution in [0.1, 0.15) is 48.0 Å². The van der Waals surface area contributed by atoms with Crippen LogP contribution in [-0.2, 0) is 0 Å². The molecule has 2 atom stereocenters. The van der Waals surface area contributed by atoms with Gasteiger partial charge in [0.25, 0.3) is 0 Å². The highest BCUT2D eigenvalue weighted by Crippen LogP contribution is 2.19. The summed E-state index contributed by atoms with van der Waals surface area (Å²) in [6, 6.07) is 0.697. The Hall–Kier alpha value is -0.0400. The standard InChI is InChI=1S/C12H27N/c1-7-13-12(10(4)5)8-11(6)9(2)3/h9-13H,7-8H2,1-6H3/t11-,12?/m0/s1. The first-order chi connectivity index (χ1) is 5.99. The number of nitrogens with one attached hydrogen (secondary N) is 1. The van der Waals surface area contributed by atoms with Crippen molar-refractivity contribution in [3.05, 3.63) is 0 Å². The SMILES string of the molecule is CCNC(C[C@H](C)C(C)C)C(C)C. The van der Waals surface area contributed by atoms with Gasteiger partial charge in [0, 0.05) is 6.04 Å². The Bertz CT molecular complexity index is 118. The molecule has 0 aliphatic rings. The second-order valence-electron chi connectivity index (χ2n) is 4.87. The van der Waals surface area contributed by atoms with Gasteiger partial charge in [0.2, 0.25) is 0 Å². The fourth-order valence-corrected chi connectivity index (χ4v) is 1.53. The summed E-state index contributed by atoms with van der Waals surface area (Å²) >= 11 is 0. The second kappa shape index (κ2) is 6.42. The van der Waals surface area contributed by atoms with Crippen LogP contribution in [0.2, 0.25) is 0 Å². The highest BCUT2D eigenvalue weighted by atomic mass is 14.9.